The summed E-state index contributed by atoms with van der Waals surface area (Å²) in [5, 5.41) is 0. The molecule has 0 radical (unpaired) electrons. The minimum absolute atomic E-state index is 0.0296. The molecule has 0 saturated heterocycles. The molecule has 0 heterocycles. The number of rotatable bonds is 5. The van der Waals surface area contributed by atoms with Crippen LogP contribution in [-0.4, -0.2) is 6.61 Å². The van der Waals surface area contributed by atoms with Crippen molar-refractivity contribution in [1.29, 1.82) is 0 Å². The zero-order valence-corrected chi connectivity index (χ0v) is 11.4. The first-order valence-electron chi connectivity index (χ1n) is 5.39. The summed E-state index contributed by atoms with van der Waals surface area (Å²) in [7, 11) is 0. The molecule has 0 amide bonds. The highest BCUT2D eigenvalue weighted by molar-refractivity contribution is 9.10. The van der Waals surface area contributed by atoms with Gasteiger partial charge < -0.3 is 10.5 Å². The third kappa shape index (κ3) is 3.65. The minimum atomic E-state index is -0.0296. The van der Waals surface area contributed by atoms with Crippen LogP contribution in [0.1, 0.15) is 31.9 Å². The van der Waals surface area contributed by atoms with Gasteiger partial charge in [-0.15, -0.1) is 0 Å². The van der Waals surface area contributed by atoms with Gasteiger partial charge in [0.1, 0.15) is 12.4 Å². The Morgan fingerprint density at radius 3 is 2.81 bits per heavy atom. The number of hydrogen-bond donors (Lipinski definition) is 1. The molecule has 2 nitrogen and oxygen atoms in total. The maximum Gasteiger partial charge on any atom is 0.125 e. The van der Waals surface area contributed by atoms with Crippen LogP contribution < -0.4 is 10.5 Å². The molecule has 1 atom stereocenters. The summed E-state index contributed by atoms with van der Waals surface area (Å²) >= 11 is 3.43. The van der Waals surface area contributed by atoms with Gasteiger partial charge in [0.05, 0.1) is 0 Å². The van der Waals surface area contributed by atoms with Crippen LogP contribution in [-0.2, 0) is 0 Å². The number of benzene rings is 1. The van der Waals surface area contributed by atoms with Crippen LogP contribution in [0.3, 0.4) is 0 Å². The molecule has 0 aliphatic carbocycles. The quantitative estimate of drug-likeness (QED) is 0.834. The van der Waals surface area contributed by atoms with E-state index in [4.69, 9.17) is 10.5 Å². The van der Waals surface area contributed by atoms with Gasteiger partial charge in [-0.1, -0.05) is 35.5 Å². The third-order valence-corrected chi connectivity index (χ3v) is 2.89. The van der Waals surface area contributed by atoms with Gasteiger partial charge in [0.25, 0.3) is 0 Å². The number of hydrogen-bond acceptors (Lipinski definition) is 2. The van der Waals surface area contributed by atoms with Crippen molar-refractivity contribution in [3.8, 4) is 5.75 Å². The van der Waals surface area contributed by atoms with E-state index in [1.54, 1.807) is 0 Å². The molecule has 0 aliphatic rings. The molecule has 3 heteroatoms. The van der Waals surface area contributed by atoms with Crippen molar-refractivity contribution in [2.45, 2.75) is 26.3 Å². The van der Waals surface area contributed by atoms with Gasteiger partial charge in [0.2, 0.25) is 0 Å². The molecule has 2 N–H and O–H groups in total. The molecule has 0 bridgehead atoms. The lowest BCUT2D eigenvalue weighted by atomic mass is 10.1. The van der Waals surface area contributed by atoms with Crippen LogP contribution in [0.15, 0.2) is 34.8 Å². The van der Waals surface area contributed by atoms with E-state index in [-0.39, 0.29) is 6.04 Å². The second kappa shape index (κ2) is 6.06. The van der Waals surface area contributed by atoms with Crippen LogP contribution in [0.25, 0.3) is 0 Å². The van der Waals surface area contributed by atoms with Gasteiger partial charge >= 0.3 is 0 Å². The molecular formula is C13H18BrNO. The smallest absolute Gasteiger partial charge is 0.125 e. The van der Waals surface area contributed by atoms with Gasteiger partial charge in [-0.25, -0.2) is 0 Å². The molecule has 0 aliphatic heterocycles. The highest BCUT2D eigenvalue weighted by atomic mass is 79.9. The summed E-state index contributed by atoms with van der Waals surface area (Å²) in [6.45, 7) is 8.48. The lowest BCUT2D eigenvalue weighted by molar-refractivity contribution is 0.343. The van der Waals surface area contributed by atoms with Crippen LogP contribution >= 0.6 is 15.9 Å². The van der Waals surface area contributed by atoms with Gasteiger partial charge in [0.15, 0.2) is 0 Å². The predicted molar refractivity (Wildman–Crippen MR) is 71.7 cm³/mol. The Morgan fingerprint density at radius 1 is 1.56 bits per heavy atom. The number of ether oxygens (including phenoxy) is 1. The first-order chi connectivity index (χ1) is 7.54. The van der Waals surface area contributed by atoms with Crippen molar-refractivity contribution in [2.75, 3.05) is 6.61 Å². The van der Waals surface area contributed by atoms with Crippen molar-refractivity contribution in [3.63, 3.8) is 0 Å². The maximum atomic E-state index is 5.89. The van der Waals surface area contributed by atoms with Crippen molar-refractivity contribution < 1.29 is 4.74 Å². The van der Waals surface area contributed by atoms with Gasteiger partial charge in [-0.05, 0) is 31.1 Å². The fraction of sp³-hybridized carbons (Fsp3) is 0.385. The summed E-state index contributed by atoms with van der Waals surface area (Å²) in [5.74, 6) is 0.832. The van der Waals surface area contributed by atoms with Crippen molar-refractivity contribution in [3.05, 3.63) is 40.4 Å². The summed E-state index contributed by atoms with van der Waals surface area (Å²) in [4.78, 5) is 0. The van der Waals surface area contributed by atoms with E-state index in [1.807, 2.05) is 25.1 Å². The highest BCUT2D eigenvalue weighted by Gasteiger charge is 2.08. The zero-order valence-electron chi connectivity index (χ0n) is 9.79. The van der Waals surface area contributed by atoms with Gasteiger partial charge in [0, 0.05) is 16.1 Å². The summed E-state index contributed by atoms with van der Waals surface area (Å²) < 4.78 is 6.72. The van der Waals surface area contributed by atoms with Crippen molar-refractivity contribution in [1.82, 2.24) is 0 Å². The molecule has 1 aromatic carbocycles. The van der Waals surface area contributed by atoms with E-state index in [1.165, 1.54) is 0 Å². The maximum absolute atomic E-state index is 5.89. The SMILES string of the molecule is C=C(CC)COc1cc(Br)ccc1[C@H](C)N. The second-order valence-electron chi connectivity index (χ2n) is 3.86. The molecule has 16 heavy (non-hydrogen) atoms. The number of nitrogens with two attached hydrogens (primary N) is 1. The molecule has 1 aromatic rings. The number of halogens is 1. The first kappa shape index (κ1) is 13.3. The fourth-order valence-electron chi connectivity index (χ4n) is 1.29. The van der Waals surface area contributed by atoms with Crippen LogP contribution in [0.4, 0.5) is 0 Å². The van der Waals surface area contributed by atoms with E-state index in [9.17, 15) is 0 Å². The second-order valence-corrected chi connectivity index (χ2v) is 4.78. The molecule has 0 saturated carbocycles. The molecule has 0 fully saturated rings. The Morgan fingerprint density at radius 2 is 2.25 bits per heavy atom. The third-order valence-electron chi connectivity index (χ3n) is 2.40. The van der Waals surface area contributed by atoms with E-state index in [0.29, 0.717) is 6.61 Å². The lowest BCUT2D eigenvalue weighted by Crippen LogP contribution is -2.09. The average molecular weight is 284 g/mol. The van der Waals surface area contributed by atoms with Crippen molar-refractivity contribution in [2.24, 2.45) is 5.73 Å². The molecule has 1 rings (SSSR count). The van der Waals surface area contributed by atoms with E-state index >= 15 is 0 Å². The van der Waals surface area contributed by atoms with Gasteiger partial charge in [-0.2, -0.15) is 0 Å². The van der Waals surface area contributed by atoms with E-state index in [2.05, 4.69) is 29.4 Å². The molecule has 88 valence electrons. The van der Waals surface area contributed by atoms with Crippen LogP contribution in [0.2, 0.25) is 0 Å². The zero-order chi connectivity index (χ0) is 12.1. The lowest BCUT2D eigenvalue weighted by Gasteiger charge is -2.14. The largest absolute Gasteiger partial charge is 0.489 e. The fourth-order valence-corrected chi connectivity index (χ4v) is 1.63. The Hall–Kier alpha value is -0.800. The molecule has 0 unspecified atom stereocenters. The van der Waals surface area contributed by atoms with Gasteiger partial charge in [-0.3, -0.25) is 0 Å². The standard InChI is InChI=1S/C13H18BrNO/c1-4-9(2)8-16-13-7-11(14)5-6-12(13)10(3)15/h5-7,10H,2,4,8,15H2,1,3H3/t10-/m0/s1. The molecule has 0 spiro atoms. The highest BCUT2D eigenvalue weighted by Crippen LogP contribution is 2.28. The first-order valence-corrected chi connectivity index (χ1v) is 6.18. The summed E-state index contributed by atoms with van der Waals surface area (Å²) in [5.41, 5.74) is 7.99. The average Bonchev–Trinajstić information content (AvgIpc) is 2.25. The summed E-state index contributed by atoms with van der Waals surface area (Å²) in [6.07, 6.45) is 0.932. The Labute approximate surface area is 106 Å². The molecule has 0 aromatic heterocycles. The van der Waals surface area contributed by atoms with Crippen molar-refractivity contribution >= 4 is 15.9 Å². The van der Waals surface area contributed by atoms with E-state index in [0.717, 1.165) is 27.8 Å². The normalized spacial score (nSPS) is 12.2. The topological polar surface area (TPSA) is 35.2 Å². The molecular weight excluding hydrogens is 266 g/mol. The Bertz CT molecular complexity index is 374. The Balaban J connectivity index is 2.84. The minimum Gasteiger partial charge on any atom is -0.489 e. The van der Waals surface area contributed by atoms with Crippen LogP contribution in [0.5, 0.6) is 5.75 Å². The summed E-state index contributed by atoms with van der Waals surface area (Å²) in [6, 6.07) is 5.87. The Kier molecular flexibility index (Phi) is 5.03. The van der Waals surface area contributed by atoms with E-state index < -0.39 is 0 Å². The van der Waals surface area contributed by atoms with Crippen LogP contribution in [0, 0.1) is 0 Å². The monoisotopic (exact) mass is 283 g/mol. The predicted octanol–water partition coefficient (Wildman–Crippen LogP) is 3.81.